The number of carbonyl (C=O) groups is 1. The van der Waals surface area contributed by atoms with Gasteiger partial charge in [-0.15, -0.1) is 0 Å². The third kappa shape index (κ3) is 3.51. The molecule has 1 amide bonds. The van der Waals surface area contributed by atoms with Crippen LogP contribution in [0.2, 0.25) is 0 Å². The Kier molecular flexibility index (Phi) is 4.41. The van der Waals surface area contributed by atoms with Crippen LogP contribution in [0.25, 0.3) is 0 Å². The Morgan fingerprint density at radius 3 is 2.60 bits per heavy atom. The van der Waals surface area contributed by atoms with Crippen LogP contribution in [0.1, 0.15) is 30.1 Å². The van der Waals surface area contributed by atoms with Crippen LogP contribution in [-0.4, -0.2) is 20.4 Å². The normalized spacial score (nSPS) is 16.8. The fraction of sp³-hybridized carbons (Fsp3) is 0.417. The minimum atomic E-state index is -4.24. The molecule has 1 aromatic carbocycles. The highest BCUT2D eigenvalue weighted by atomic mass is 79.9. The number of rotatable bonds is 4. The molecule has 1 aromatic rings. The zero-order valence-electron chi connectivity index (χ0n) is 10.5. The molecule has 1 N–H and O–H groups in total. The van der Waals surface area contributed by atoms with Gasteiger partial charge in [-0.2, -0.15) is 0 Å². The number of amides is 1. The van der Waals surface area contributed by atoms with Gasteiger partial charge >= 0.3 is 0 Å². The van der Waals surface area contributed by atoms with Gasteiger partial charge in [-0.1, -0.05) is 0 Å². The third-order valence-corrected chi connectivity index (χ3v) is 5.21. The molecule has 1 fully saturated rings. The summed E-state index contributed by atoms with van der Waals surface area (Å²) in [6, 6.07) is 1.86. The molecule has 20 heavy (non-hydrogen) atoms. The van der Waals surface area contributed by atoms with Gasteiger partial charge in [-0.3, -0.25) is 4.79 Å². The van der Waals surface area contributed by atoms with Crippen molar-refractivity contribution in [2.24, 2.45) is 5.92 Å². The minimum absolute atomic E-state index is 0.00416. The molecule has 2 rings (SSSR count). The molecule has 0 aliphatic heterocycles. The van der Waals surface area contributed by atoms with Gasteiger partial charge in [0.25, 0.3) is 15.0 Å². The highest BCUT2D eigenvalue weighted by Gasteiger charge is 2.30. The number of hydrogen-bond donors (Lipinski definition) is 1. The van der Waals surface area contributed by atoms with Gasteiger partial charge in [0.1, 0.15) is 10.7 Å². The van der Waals surface area contributed by atoms with Gasteiger partial charge in [-0.05, 0) is 53.7 Å². The van der Waals surface area contributed by atoms with Crippen LogP contribution >= 0.6 is 26.6 Å². The maximum atomic E-state index is 13.6. The van der Waals surface area contributed by atoms with E-state index in [1.165, 1.54) is 0 Å². The summed E-state index contributed by atoms with van der Waals surface area (Å²) >= 11 is 3.05. The second-order valence-corrected chi connectivity index (χ2v) is 8.19. The first kappa shape index (κ1) is 15.7. The average Bonchev–Trinajstić information content (AvgIpc) is 3.10. The fourth-order valence-corrected chi connectivity index (χ4v) is 3.29. The minimum Gasteiger partial charge on any atom is -0.349 e. The molecule has 4 nitrogen and oxygen atoms in total. The van der Waals surface area contributed by atoms with Gasteiger partial charge in [0.05, 0.1) is 5.56 Å². The van der Waals surface area contributed by atoms with Gasteiger partial charge < -0.3 is 5.32 Å². The lowest BCUT2D eigenvalue weighted by molar-refractivity contribution is 0.0934. The SMILES string of the molecule is CC(NC(=O)c1cc(S(=O)(=O)Cl)c(F)cc1Br)C1CC1. The molecule has 0 spiro atoms. The Hall–Kier alpha value is -0.660. The molecule has 1 aliphatic carbocycles. The highest BCUT2D eigenvalue weighted by molar-refractivity contribution is 9.10. The zero-order valence-corrected chi connectivity index (χ0v) is 13.6. The molecule has 1 atom stereocenters. The standard InChI is InChI=1S/C12H12BrClFNO3S/c1-6(7-2-3-7)16-12(17)8-4-11(20(14,18)19)10(15)5-9(8)13/h4-7H,2-3H2,1H3,(H,16,17). The fourth-order valence-electron chi connectivity index (χ4n) is 1.89. The first-order valence-corrected chi connectivity index (χ1v) is 9.05. The van der Waals surface area contributed by atoms with Crippen LogP contribution < -0.4 is 5.32 Å². The number of carbonyl (C=O) groups excluding carboxylic acids is 1. The predicted molar refractivity (Wildman–Crippen MR) is 76.8 cm³/mol. The monoisotopic (exact) mass is 383 g/mol. The van der Waals surface area contributed by atoms with E-state index in [4.69, 9.17) is 10.7 Å². The van der Waals surface area contributed by atoms with Gasteiger partial charge in [-0.25, -0.2) is 12.8 Å². The topological polar surface area (TPSA) is 63.2 Å². The predicted octanol–water partition coefficient (Wildman–Crippen LogP) is 3.04. The van der Waals surface area contributed by atoms with Gasteiger partial charge in [0, 0.05) is 21.2 Å². The summed E-state index contributed by atoms with van der Waals surface area (Å²) in [4.78, 5) is 11.4. The molecule has 110 valence electrons. The Balaban J connectivity index is 2.33. The molecule has 1 aliphatic rings. The molecule has 0 bridgehead atoms. The van der Waals surface area contributed by atoms with Crippen LogP contribution in [0.3, 0.4) is 0 Å². The molecule has 0 aromatic heterocycles. The molecule has 1 saturated carbocycles. The van der Waals surface area contributed by atoms with Crippen LogP contribution in [-0.2, 0) is 9.05 Å². The number of halogens is 3. The highest BCUT2D eigenvalue weighted by Crippen LogP contribution is 2.33. The average molecular weight is 385 g/mol. The van der Waals surface area contributed by atoms with Gasteiger partial charge in [0.2, 0.25) is 0 Å². The van der Waals surface area contributed by atoms with Crippen LogP contribution in [0.5, 0.6) is 0 Å². The summed E-state index contributed by atoms with van der Waals surface area (Å²) in [6.45, 7) is 1.88. The summed E-state index contributed by atoms with van der Waals surface area (Å²) in [5.41, 5.74) is 0.0399. The molecular formula is C12H12BrClFNO3S. The number of benzene rings is 1. The van der Waals surface area contributed by atoms with Crippen LogP contribution in [0.15, 0.2) is 21.5 Å². The molecule has 0 saturated heterocycles. The number of hydrogen-bond acceptors (Lipinski definition) is 3. The maximum absolute atomic E-state index is 13.6. The van der Waals surface area contributed by atoms with Crippen molar-refractivity contribution in [1.29, 1.82) is 0 Å². The molecule has 8 heteroatoms. The Labute approximate surface area is 129 Å². The van der Waals surface area contributed by atoms with Crippen molar-refractivity contribution < 1.29 is 17.6 Å². The van der Waals surface area contributed by atoms with E-state index in [9.17, 15) is 17.6 Å². The summed E-state index contributed by atoms with van der Waals surface area (Å²) in [5.74, 6) is -1.01. The van der Waals surface area contributed by atoms with E-state index in [2.05, 4.69) is 21.2 Å². The first-order valence-electron chi connectivity index (χ1n) is 5.94. The lowest BCUT2D eigenvalue weighted by atomic mass is 10.1. The molecule has 0 heterocycles. The van der Waals surface area contributed by atoms with Crippen molar-refractivity contribution in [2.75, 3.05) is 0 Å². The van der Waals surface area contributed by atoms with Crippen LogP contribution in [0.4, 0.5) is 4.39 Å². The first-order chi connectivity index (χ1) is 9.20. The molecule has 0 radical (unpaired) electrons. The number of nitrogens with one attached hydrogen (secondary N) is 1. The summed E-state index contributed by atoms with van der Waals surface area (Å²) in [7, 11) is 0.902. The third-order valence-electron chi connectivity index (χ3n) is 3.22. The Morgan fingerprint density at radius 1 is 1.50 bits per heavy atom. The lowest BCUT2D eigenvalue weighted by Gasteiger charge is -2.14. The van der Waals surface area contributed by atoms with Crippen molar-refractivity contribution in [3.8, 4) is 0 Å². The van der Waals surface area contributed by atoms with Crippen LogP contribution in [0, 0.1) is 11.7 Å². The van der Waals surface area contributed by atoms with E-state index in [1.54, 1.807) is 0 Å². The van der Waals surface area contributed by atoms with E-state index < -0.39 is 25.7 Å². The van der Waals surface area contributed by atoms with Crippen molar-refractivity contribution in [3.63, 3.8) is 0 Å². The van der Waals surface area contributed by atoms with E-state index in [0.29, 0.717) is 5.92 Å². The van der Waals surface area contributed by atoms with Crippen molar-refractivity contribution >= 4 is 41.6 Å². The zero-order chi connectivity index (χ0) is 15.1. The molecule has 1 unspecified atom stereocenters. The van der Waals surface area contributed by atoms with E-state index in [-0.39, 0.29) is 16.1 Å². The van der Waals surface area contributed by atoms with Crippen molar-refractivity contribution in [2.45, 2.75) is 30.7 Å². The lowest BCUT2D eigenvalue weighted by Crippen LogP contribution is -2.34. The largest absolute Gasteiger partial charge is 0.349 e. The van der Waals surface area contributed by atoms with E-state index in [1.807, 2.05) is 6.92 Å². The van der Waals surface area contributed by atoms with E-state index in [0.717, 1.165) is 25.0 Å². The van der Waals surface area contributed by atoms with Gasteiger partial charge in [0.15, 0.2) is 0 Å². The summed E-state index contributed by atoms with van der Waals surface area (Å²) < 4.78 is 36.3. The van der Waals surface area contributed by atoms with E-state index >= 15 is 0 Å². The Morgan fingerprint density at radius 2 is 2.10 bits per heavy atom. The second-order valence-electron chi connectivity index (χ2n) is 4.80. The second kappa shape index (κ2) is 5.61. The smallest absolute Gasteiger partial charge is 0.264 e. The Bertz CT molecular complexity index is 661. The quantitative estimate of drug-likeness (QED) is 0.812. The summed E-state index contributed by atoms with van der Waals surface area (Å²) in [5, 5.41) is 2.77. The maximum Gasteiger partial charge on any atom is 0.264 e. The molecular weight excluding hydrogens is 373 g/mol. The summed E-state index contributed by atoms with van der Waals surface area (Å²) in [6.07, 6.45) is 2.13. The van der Waals surface area contributed by atoms with Crippen molar-refractivity contribution in [3.05, 3.63) is 28.0 Å². The van der Waals surface area contributed by atoms with Crippen molar-refractivity contribution in [1.82, 2.24) is 5.32 Å².